The quantitative estimate of drug-likeness (QED) is 0.761. The summed E-state index contributed by atoms with van der Waals surface area (Å²) in [6.45, 7) is 6.28. The Morgan fingerprint density at radius 1 is 1.21 bits per heavy atom. The van der Waals surface area contributed by atoms with Gasteiger partial charge in [0, 0.05) is 43.9 Å². The monoisotopic (exact) mass is 417 g/mol. The molecule has 0 bridgehead atoms. The molecule has 1 unspecified atom stereocenters. The molecule has 0 aliphatic carbocycles. The molecule has 1 aromatic carbocycles. The number of methoxy groups -OCH3 is 1. The highest BCUT2D eigenvalue weighted by Crippen LogP contribution is 2.39. The van der Waals surface area contributed by atoms with Crippen molar-refractivity contribution < 1.29 is 17.9 Å². The lowest BCUT2D eigenvalue weighted by molar-refractivity contribution is 0.0531. The fourth-order valence-corrected chi connectivity index (χ4v) is 6.04. The van der Waals surface area contributed by atoms with Crippen LogP contribution in [0.3, 0.4) is 0 Å². The summed E-state index contributed by atoms with van der Waals surface area (Å²) < 4.78 is 39.9. The molecule has 2 aromatic rings. The number of likely N-dealkylation sites (tertiary alicyclic amines) is 1. The van der Waals surface area contributed by atoms with E-state index in [1.54, 1.807) is 35.8 Å². The van der Waals surface area contributed by atoms with E-state index in [1.165, 1.54) is 0 Å². The summed E-state index contributed by atoms with van der Waals surface area (Å²) in [5, 5.41) is 0. The predicted octanol–water partition coefficient (Wildman–Crippen LogP) is 2.53. The van der Waals surface area contributed by atoms with Gasteiger partial charge in [0.05, 0.1) is 13.7 Å². The molecule has 1 aromatic heterocycles. The standard InChI is InChI=1S/C21H27N3O4S/c1-16(2)24-15-21(28-18-8-4-5-9-19(18)29(24,25)26)10-12-23(14-21)13-17-7-6-11-22-20(17)27-3/h4-9,11,16H,10,12-15H2,1-3H3. The Balaban J connectivity index is 1.64. The second-order valence-electron chi connectivity index (χ2n) is 8.01. The zero-order chi connectivity index (χ0) is 20.6. The molecule has 1 fully saturated rings. The average Bonchev–Trinajstić information content (AvgIpc) is 3.04. The smallest absolute Gasteiger partial charge is 0.247 e. The maximum absolute atomic E-state index is 13.3. The summed E-state index contributed by atoms with van der Waals surface area (Å²) in [7, 11) is -1.99. The second-order valence-corrected chi connectivity index (χ2v) is 9.87. The molecule has 3 heterocycles. The van der Waals surface area contributed by atoms with Gasteiger partial charge in [0.1, 0.15) is 16.2 Å². The number of benzene rings is 1. The summed E-state index contributed by atoms with van der Waals surface area (Å²) >= 11 is 0. The van der Waals surface area contributed by atoms with Crippen LogP contribution in [0.4, 0.5) is 0 Å². The van der Waals surface area contributed by atoms with Crippen LogP contribution in [0.2, 0.25) is 0 Å². The van der Waals surface area contributed by atoms with E-state index in [0.29, 0.717) is 31.3 Å². The van der Waals surface area contributed by atoms with Gasteiger partial charge < -0.3 is 9.47 Å². The van der Waals surface area contributed by atoms with Crippen LogP contribution in [0.15, 0.2) is 47.5 Å². The van der Waals surface area contributed by atoms with Gasteiger partial charge in [-0.05, 0) is 32.0 Å². The van der Waals surface area contributed by atoms with E-state index in [1.807, 2.05) is 32.0 Å². The number of para-hydroxylation sites is 1. The minimum Gasteiger partial charge on any atom is -0.483 e. The minimum atomic E-state index is -3.61. The van der Waals surface area contributed by atoms with Crippen molar-refractivity contribution in [3.63, 3.8) is 0 Å². The van der Waals surface area contributed by atoms with E-state index < -0.39 is 15.6 Å². The van der Waals surface area contributed by atoms with Crippen LogP contribution < -0.4 is 9.47 Å². The number of rotatable bonds is 4. The Kier molecular flexibility index (Phi) is 5.27. The number of sulfonamides is 1. The van der Waals surface area contributed by atoms with E-state index in [0.717, 1.165) is 18.5 Å². The van der Waals surface area contributed by atoms with Crippen LogP contribution in [0.25, 0.3) is 0 Å². The molecule has 0 N–H and O–H groups in total. The molecule has 156 valence electrons. The van der Waals surface area contributed by atoms with Gasteiger partial charge in [-0.1, -0.05) is 18.2 Å². The summed E-state index contributed by atoms with van der Waals surface area (Å²) in [6.07, 6.45) is 2.47. The van der Waals surface area contributed by atoms with E-state index in [-0.39, 0.29) is 10.9 Å². The first-order valence-electron chi connectivity index (χ1n) is 9.85. The molecular formula is C21H27N3O4S. The van der Waals surface area contributed by atoms with Crippen molar-refractivity contribution in [1.29, 1.82) is 0 Å². The van der Waals surface area contributed by atoms with Gasteiger partial charge >= 0.3 is 0 Å². The Morgan fingerprint density at radius 2 is 2.00 bits per heavy atom. The molecule has 1 atom stereocenters. The fraction of sp³-hybridized carbons (Fsp3) is 0.476. The van der Waals surface area contributed by atoms with Crippen molar-refractivity contribution in [2.45, 2.75) is 43.4 Å². The minimum absolute atomic E-state index is 0.154. The third-order valence-corrected chi connectivity index (χ3v) is 7.68. The highest BCUT2D eigenvalue weighted by Gasteiger charge is 2.48. The van der Waals surface area contributed by atoms with Gasteiger partial charge in [-0.2, -0.15) is 4.31 Å². The zero-order valence-electron chi connectivity index (χ0n) is 17.0. The number of hydrogen-bond donors (Lipinski definition) is 0. The van der Waals surface area contributed by atoms with Gasteiger partial charge in [0.25, 0.3) is 0 Å². The van der Waals surface area contributed by atoms with E-state index >= 15 is 0 Å². The SMILES string of the molecule is COc1ncccc1CN1CCC2(C1)CN(C(C)C)S(=O)(=O)c1ccccc1O2. The Bertz CT molecular complexity index is 995. The van der Waals surface area contributed by atoms with Crippen molar-refractivity contribution in [3.8, 4) is 11.6 Å². The third kappa shape index (κ3) is 3.72. The Labute approximate surface area is 172 Å². The van der Waals surface area contributed by atoms with Gasteiger partial charge in [-0.15, -0.1) is 0 Å². The number of hydrogen-bond acceptors (Lipinski definition) is 6. The molecule has 0 radical (unpaired) electrons. The summed E-state index contributed by atoms with van der Waals surface area (Å²) in [6, 6.07) is 10.7. The fourth-order valence-electron chi connectivity index (χ4n) is 4.21. The molecule has 7 nitrogen and oxygen atoms in total. The van der Waals surface area contributed by atoms with Crippen LogP contribution >= 0.6 is 0 Å². The van der Waals surface area contributed by atoms with E-state index in [4.69, 9.17) is 9.47 Å². The molecule has 1 spiro atoms. The molecule has 2 aliphatic rings. The van der Waals surface area contributed by atoms with Gasteiger partial charge in [-0.3, -0.25) is 4.90 Å². The van der Waals surface area contributed by atoms with Crippen molar-refractivity contribution in [2.75, 3.05) is 26.7 Å². The topological polar surface area (TPSA) is 72.0 Å². The van der Waals surface area contributed by atoms with E-state index in [9.17, 15) is 8.42 Å². The lowest BCUT2D eigenvalue weighted by Crippen LogP contribution is -2.51. The Morgan fingerprint density at radius 3 is 2.76 bits per heavy atom. The van der Waals surface area contributed by atoms with Gasteiger partial charge in [0.2, 0.25) is 15.9 Å². The first-order chi connectivity index (χ1) is 13.8. The molecule has 0 saturated carbocycles. The molecular weight excluding hydrogens is 390 g/mol. The maximum atomic E-state index is 13.3. The van der Waals surface area contributed by atoms with E-state index in [2.05, 4.69) is 9.88 Å². The number of aromatic nitrogens is 1. The van der Waals surface area contributed by atoms with Crippen molar-refractivity contribution >= 4 is 10.0 Å². The van der Waals surface area contributed by atoms with Gasteiger partial charge in [-0.25, -0.2) is 13.4 Å². The summed E-state index contributed by atoms with van der Waals surface area (Å²) in [5.41, 5.74) is 0.425. The lowest BCUT2D eigenvalue weighted by atomic mass is 10.0. The number of pyridine rings is 1. The molecule has 1 saturated heterocycles. The highest BCUT2D eigenvalue weighted by molar-refractivity contribution is 7.89. The van der Waals surface area contributed by atoms with Crippen LogP contribution in [0.5, 0.6) is 11.6 Å². The van der Waals surface area contributed by atoms with Crippen LogP contribution in [-0.2, 0) is 16.6 Å². The second kappa shape index (κ2) is 7.59. The van der Waals surface area contributed by atoms with Crippen LogP contribution in [0, 0.1) is 0 Å². The zero-order valence-corrected chi connectivity index (χ0v) is 17.9. The highest BCUT2D eigenvalue weighted by atomic mass is 32.2. The van der Waals surface area contributed by atoms with Crippen molar-refractivity contribution in [3.05, 3.63) is 48.2 Å². The molecule has 2 aliphatic heterocycles. The molecule has 0 amide bonds. The largest absolute Gasteiger partial charge is 0.483 e. The molecule has 8 heteroatoms. The third-order valence-electron chi connectivity index (χ3n) is 5.61. The molecule has 29 heavy (non-hydrogen) atoms. The normalized spacial score (nSPS) is 24.3. The van der Waals surface area contributed by atoms with Gasteiger partial charge in [0.15, 0.2) is 0 Å². The van der Waals surface area contributed by atoms with Crippen LogP contribution in [-0.4, -0.2) is 61.0 Å². The summed E-state index contributed by atoms with van der Waals surface area (Å²) in [5.74, 6) is 1.06. The average molecular weight is 418 g/mol. The first kappa shape index (κ1) is 20.1. The summed E-state index contributed by atoms with van der Waals surface area (Å²) in [4.78, 5) is 6.80. The molecule has 4 rings (SSSR count). The first-order valence-corrected chi connectivity index (χ1v) is 11.3. The van der Waals surface area contributed by atoms with Crippen molar-refractivity contribution in [1.82, 2.24) is 14.2 Å². The Hall–Kier alpha value is -2.16. The predicted molar refractivity (Wildman–Crippen MR) is 110 cm³/mol. The van der Waals surface area contributed by atoms with Crippen LogP contribution in [0.1, 0.15) is 25.8 Å². The van der Waals surface area contributed by atoms with Crippen molar-refractivity contribution in [2.24, 2.45) is 0 Å². The number of ether oxygens (including phenoxy) is 2. The lowest BCUT2D eigenvalue weighted by Gasteiger charge is -2.33. The maximum Gasteiger partial charge on any atom is 0.247 e. The number of fused-ring (bicyclic) bond motifs is 1. The number of nitrogens with zero attached hydrogens (tertiary/aromatic N) is 3.